The molecule has 2 aromatic carbocycles. The average molecular weight is 481 g/mol. The highest BCUT2D eigenvalue weighted by atomic mass is 35.5. The molecule has 170 valence electrons. The number of rotatable bonds is 7. The molecule has 0 fully saturated rings. The Morgan fingerprint density at radius 3 is 2.41 bits per heavy atom. The number of hydrogen-bond acceptors (Lipinski definition) is 6. The van der Waals surface area contributed by atoms with Crippen LogP contribution in [0.3, 0.4) is 0 Å². The van der Waals surface area contributed by atoms with Crippen molar-refractivity contribution in [2.75, 3.05) is 12.9 Å². The van der Waals surface area contributed by atoms with Crippen LogP contribution in [0.5, 0.6) is 5.75 Å². The van der Waals surface area contributed by atoms with Gasteiger partial charge in [-0.25, -0.2) is 12.8 Å². The first kappa shape index (κ1) is 23.9. The van der Waals surface area contributed by atoms with E-state index >= 15 is 0 Å². The van der Waals surface area contributed by atoms with Crippen molar-refractivity contribution in [1.29, 1.82) is 0 Å². The molecule has 0 saturated carbocycles. The second-order valence-electron chi connectivity index (χ2n) is 7.62. The van der Waals surface area contributed by atoms with Gasteiger partial charge in [-0.15, -0.1) is 0 Å². The largest absolute Gasteiger partial charge is 0.485 e. The van der Waals surface area contributed by atoms with Gasteiger partial charge in [-0.3, -0.25) is 4.79 Å². The molecule has 0 aliphatic carbocycles. The van der Waals surface area contributed by atoms with Gasteiger partial charge in [-0.1, -0.05) is 37.6 Å². The number of aliphatic hydroxyl groups is 1. The maximum atomic E-state index is 13.5. The van der Waals surface area contributed by atoms with Gasteiger partial charge in [0.1, 0.15) is 12.4 Å². The molecular formula is C22H22ClFN2O5S. The lowest BCUT2D eigenvalue weighted by molar-refractivity contribution is 0.0695. The molecule has 1 N–H and O–H groups in total. The van der Waals surface area contributed by atoms with Crippen molar-refractivity contribution >= 4 is 21.4 Å². The summed E-state index contributed by atoms with van der Waals surface area (Å²) >= 11 is 5.84. The van der Waals surface area contributed by atoms with Crippen molar-refractivity contribution in [2.24, 2.45) is 5.92 Å². The van der Waals surface area contributed by atoms with Crippen molar-refractivity contribution in [3.8, 4) is 22.6 Å². The van der Waals surface area contributed by atoms with Gasteiger partial charge in [0, 0.05) is 11.8 Å². The Kier molecular flexibility index (Phi) is 7.02. The maximum Gasteiger partial charge on any atom is 0.314 e. The van der Waals surface area contributed by atoms with Crippen molar-refractivity contribution < 1.29 is 22.7 Å². The number of aromatic nitrogens is 2. The lowest BCUT2D eigenvalue weighted by Crippen LogP contribution is -2.28. The zero-order valence-electron chi connectivity index (χ0n) is 17.6. The van der Waals surface area contributed by atoms with E-state index in [0.717, 1.165) is 17.0 Å². The van der Waals surface area contributed by atoms with Crippen LogP contribution < -0.4 is 10.3 Å². The van der Waals surface area contributed by atoms with E-state index in [-0.39, 0.29) is 33.9 Å². The summed E-state index contributed by atoms with van der Waals surface area (Å²) in [6.07, 6.45) is 1.66. The Labute approximate surface area is 190 Å². The van der Waals surface area contributed by atoms with Crippen molar-refractivity contribution in [3.05, 3.63) is 69.9 Å². The highest BCUT2D eigenvalue weighted by molar-refractivity contribution is 7.90. The Bertz CT molecular complexity index is 1290. The number of nitrogens with zero attached hydrogens (tertiary/aromatic N) is 2. The molecule has 0 bridgehead atoms. The number of aliphatic hydroxyl groups excluding tert-OH is 1. The molecule has 32 heavy (non-hydrogen) atoms. The molecule has 7 nitrogen and oxygen atoms in total. The number of halogens is 2. The fourth-order valence-corrected chi connectivity index (χ4v) is 3.63. The van der Waals surface area contributed by atoms with Crippen LogP contribution in [0.25, 0.3) is 16.8 Å². The highest BCUT2D eigenvalue weighted by Crippen LogP contribution is 2.28. The molecule has 3 rings (SSSR count). The van der Waals surface area contributed by atoms with Gasteiger partial charge >= 0.3 is 5.56 Å². The van der Waals surface area contributed by atoms with E-state index in [9.17, 15) is 22.7 Å². The third-order valence-electron chi connectivity index (χ3n) is 4.84. The van der Waals surface area contributed by atoms with Gasteiger partial charge in [0.05, 0.1) is 27.9 Å². The number of sulfone groups is 1. The molecule has 0 radical (unpaired) electrons. The first-order valence-electron chi connectivity index (χ1n) is 9.68. The van der Waals surface area contributed by atoms with Gasteiger partial charge in [-0.2, -0.15) is 9.78 Å². The minimum absolute atomic E-state index is 0.0905. The summed E-state index contributed by atoms with van der Waals surface area (Å²) in [5.41, 5.74) is 0.402. The topological polar surface area (TPSA) is 98.5 Å². The second-order valence-corrected chi connectivity index (χ2v) is 10.0. The maximum absolute atomic E-state index is 13.5. The van der Waals surface area contributed by atoms with E-state index in [1.54, 1.807) is 0 Å². The summed E-state index contributed by atoms with van der Waals surface area (Å²) < 4.78 is 43.7. The number of benzene rings is 2. The van der Waals surface area contributed by atoms with Gasteiger partial charge in [0.15, 0.2) is 15.6 Å². The Hall–Kier alpha value is -2.75. The summed E-state index contributed by atoms with van der Waals surface area (Å²) in [7, 11) is -3.39. The predicted molar refractivity (Wildman–Crippen MR) is 120 cm³/mol. The molecule has 0 aliphatic heterocycles. The molecule has 1 aromatic heterocycles. The highest BCUT2D eigenvalue weighted by Gasteiger charge is 2.19. The SMILES string of the molecule is CC(C)[C@@H](O)COc1c(-c2ccc(S(C)(=O)=O)cc2)cnn(-c2ccc(F)c(Cl)c2)c1=O. The van der Waals surface area contributed by atoms with Gasteiger partial charge in [0.25, 0.3) is 0 Å². The third-order valence-corrected chi connectivity index (χ3v) is 6.26. The molecule has 0 aliphatic rings. The van der Waals surface area contributed by atoms with Gasteiger partial charge in [0.2, 0.25) is 0 Å². The molecule has 1 atom stereocenters. The Morgan fingerprint density at radius 2 is 1.84 bits per heavy atom. The average Bonchev–Trinajstić information content (AvgIpc) is 2.74. The van der Waals surface area contributed by atoms with Gasteiger partial charge < -0.3 is 9.84 Å². The van der Waals surface area contributed by atoms with Crippen molar-refractivity contribution in [2.45, 2.75) is 24.8 Å². The second kappa shape index (κ2) is 9.40. The summed E-state index contributed by atoms with van der Waals surface area (Å²) in [5.74, 6) is -0.831. The first-order valence-corrected chi connectivity index (χ1v) is 11.9. The van der Waals surface area contributed by atoms with Crippen molar-refractivity contribution in [1.82, 2.24) is 9.78 Å². The standard InChI is InChI=1S/C22H22ClFN2O5S/c1-13(2)20(27)12-31-21-17(14-4-7-16(8-5-14)32(3,29)30)11-25-26(22(21)28)15-6-9-19(24)18(23)10-15/h4-11,13,20,27H,12H2,1-3H3/t20-/m0/s1. The zero-order valence-corrected chi connectivity index (χ0v) is 19.2. The van der Waals surface area contributed by atoms with Crippen LogP contribution in [0.1, 0.15) is 13.8 Å². The Balaban J connectivity index is 2.13. The van der Waals surface area contributed by atoms with Crippen LogP contribution in [0.4, 0.5) is 4.39 Å². The summed E-state index contributed by atoms with van der Waals surface area (Å²) in [4.78, 5) is 13.4. The van der Waals surface area contributed by atoms with Crippen LogP contribution in [0.2, 0.25) is 5.02 Å². The lowest BCUT2D eigenvalue weighted by Gasteiger charge is -2.18. The molecular weight excluding hydrogens is 459 g/mol. The van der Waals surface area contributed by atoms with Crippen LogP contribution in [-0.4, -0.2) is 42.3 Å². The summed E-state index contributed by atoms with van der Waals surface area (Å²) in [6.45, 7) is 3.48. The molecule has 0 saturated heterocycles. The third kappa shape index (κ3) is 5.17. The van der Waals surface area contributed by atoms with Gasteiger partial charge in [-0.05, 0) is 41.8 Å². The minimum Gasteiger partial charge on any atom is -0.485 e. The van der Waals surface area contributed by atoms with Crippen LogP contribution in [0.15, 0.2) is 58.4 Å². The van der Waals surface area contributed by atoms with Crippen LogP contribution in [-0.2, 0) is 9.84 Å². The molecule has 3 aromatic rings. The monoisotopic (exact) mass is 480 g/mol. The zero-order chi connectivity index (χ0) is 23.6. The Morgan fingerprint density at radius 1 is 1.19 bits per heavy atom. The smallest absolute Gasteiger partial charge is 0.314 e. The fourth-order valence-electron chi connectivity index (χ4n) is 2.83. The van der Waals surface area contributed by atoms with E-state index < -0.39 is 27.3 Å². The van der Waals surface area contributed by atoms with E-state index in [1.807, 2.05) is 13.8 Å². The first-order chi connectivity index (χ1) is 15.0. The molecule has 0 unspecified atom stereocenters. The number of hydrogen-bond donors (Lipinski definition) is 1. The molecule has 1 heterocycles. The normalized spacial score (nSPS) is 12.7. The predicted octanol–water partition coefficient (Wildman–Crippen LogP) is 3.49. The van der Waals surface area contributed by atoms with E-state index in [4.69, 9.17) is 16.3 Å². The van der Waals surface area contributed by atoms with Crippen LogP contribution in [0, 0.1) is 11.7 Å². The quantitative estimate of drug-likeness (QED) is 0.555. The summed E-state index contributed by atoms with van der Waals surface area (Å²) in [6, 6.07) is 9.65. The van der Waals surface area contributed by atoms with Crippen molar-refractivity contribution in [3.63, 3.8) is 0 Å². The number of ether oxygens (including phenoxy) is 1. The minimum atomic E-state index is -3.39. The summed E-state index contributed by atoms with van der Waals surface area (Å²) in [5, 5.41) is 14.1. The molecule has 10 heteroatoms. The lowest BCUT2D eigenvalue weighted by atomic mass is 10.1. The molecule has 0 amide bonds. The van der Waals surface area contributed by atoms with E-state index in [0.29, 0.717) is 11.1 Å². The molecule has 0 spiro atoms. The fraction of sp³-hybridized carbons (Fsp3) is 0.273. The van der Waals surface area contributed by atoms with E-state index in [1.165, 1.54) is 42.6 Å². The van der Waals surface area contributed by atoms with E-state index in [2.05, 4.69) is 5.10 Å². The van der Waals surface area contributed by atoms with Crippen LogP contribution >= 0.6 is 11.6 Å².